The largest absolute Gasteiger partial charge is 0.354 e. The van der Waals surface area contributed by atoms with Crippen LogP contribution in [0.4, 0.5) is 0 Å². The van der Waals surface area contributed by atoms with Crippen LogP contribution in [-0.2, 0) is 6.54 Å². The van der Waals surface area contributed by atoms with Crippen LogP contribution >= 0.6 is 0 Å². The summed E-state index contributed by atoms with van der Waals surface area (Å²) < 4.78 is 2.28. The first-order chi connectivity index (χ1) is 8.15. The van der Waals surface area contributed by atoms with Gasteiger partial charge in [-0.15, -0.1) is 0 Å². The van der Waals surface area contributed by atoms with Crippen molar-refractivity contribution in [3.8, 4) is 0 Å². The zero-order chi connectivity index (χ0) is 12.7. The van der Waals surface area contributed by atoms with Crippen molar-refractivity contribution in [1.29, 1.82) is 0 Å². The maximum absolute atomic E-state index is 6.13. The first-order valence-corrected chi connectivity index (χ1v) is 7.06. The summed E-state index contributed by atoms with van der Waals surface area (Å²) >= 11 is 0. The SMILES string of the molecule is CCCCCCCn1ccc(C(N)C(C)C)c1. The summed E-state index contributed by atoms with van der Waals surface area (Å²) in [7, 11) is 0. The molecule has 0 radical (unpaired) electrons. The lowest BCUT2D eigenvalue weighted by Gasteiger charge is -2.13. The monoisotopic (exact) mass is 236 g/mol. The van der Waals surface area contributed by atoms with Gasteiger partial charge in [0.1, 0.15) is 0 Å². The van der Waals surface area contributed by atoms with E-state index in [0.29, 0.717) is 5.92 Å². The van der Waals surface area contributed by atoms with Crippen LogP contribution in [0.25, 0.3) is 0 Å². The van der Waals surface area contributed by atoms with Gasteiger partial charge in [-0.25, -0.2) is 0 Å². The van der Waals surface area contributed by atoms with Gasteiger partial charge >= 0.3 is 0 Å². The third kappa shape index (κ3) is 4.95. The first-order valence-electron chi connectivity index (χ1n) is 7.06. The summed E-state index contributed by atoms with van der Waals surface area (Å²) in [4.78, 5) is 0. The van der Waals surface area contributed by atoms with Crippen LogP contribution in [0.3, 0.4) is 0 Å². The van der Waals surface area contributed by atoms with E-state index in [2.05, 4.69) is 43.8 Å². The predicted octanol–water partition coefficient (Wildman–Crippen LogP) is 4.11. The van der Waals surface area contributed by atoms with E-state index in [0.717, 1.165) is 6.54 Å². The quantitative estimate of drug-likeness (QED) is 0.676. The van der Waals surface area contributed by atoms with Gasteiger partial charge in [-0.05, 0) is 24.0 Å². The maximum Gasteiger partial charge on any atom is 0.0333 e. The molecule has 1 rings (SSSR count). The molecule has 98 valence electrons. The molecule has 1 aromatic heterocycles. The zero-order valence-electron chi connectivity index (χ0n) is 11.7. The Morgan fingerprint density at radius 2 is 1.88 bits per heavy atom. The average Bonchev–Trinajstić information content (AvgIpc) is 2.76. The predicted molar refractivity (Wildman–Crippen MR) is 75.0 cm³/mol. The van der Waals surface area contributed by atoms with Gasteiger partial charge in [-0.2, -0.15) is 0 Å². The third-order valence-corrected chi connectivity index (χ3v) is 3.40. The number of unbranched alkanes of at least 4 members (excludes halogenated alkanes) is 4. The number of nitrogens with zero attached hydrogens (tertiary/aromatic N) is 1. The first kappa shape index (κ1) is 14.3. The number of hydrogen-bond donors (Lipinski definition) is 1. The summed E-state index contributed by atoms with van der Waals surface area (Å²) in [6.07, 6.45) is 11.1. The molecule has 0 saturated carbocycles. The van der Waals surface area contributed by atoms with Crippen LogP contribution in [0.1, 0.15) is 64.5 Å². The Labute approximate surface area is 106 Å². The topological polar surface area (TPSA) is 30.9 Å². The summed E-state index contributed by atoms with van der Waals surface area (Å²) in [5.41, 5.74) is 7.40. The normalized spacial score (nSPS) is 13.2. The molecule has 1 heterocycles. The standard InChI is InChI=1S/C15H28N2/c1-4-5-6-7-8-10-17-11-9-14(12-17)15(16)13(2)3/h9,11-13,15H,4-8,10,16H2,1-3H3. The van der Waals surface area contributed by atoms with Crippen LogP contribution in [0.2, 0.25) is 0 Å². The van der Waals surface area contributed by atoms with Crippen molar-refractivity contribution in [2.24, 2.45) is 11.7 Å². The second-order valence-corrected chi connectivity index (χ2v) is 5.37. The number of aryl methyl sites for hydroxylation is 1. The van der Waals surface area contributed by atoms with Crippen molar-refractivity contribution in [2.45, 2.75) is 65.5 Å². The lowest BCUT2D eigenvalue weighted by Crippen LogP contribution is -2.15. The Morgan fingerprint density at radius 1 is 1.18 bits per heavy atom. The van der Waals surface area contributed by atoms with Crippen LogP contribution in [0.15, 0.2) is 18.5 Å². The molecule has 0 aliphatic rings. The molecule has 17 heavy (non-hydrogen) atoms. The molecule has 1 atom stereocenters. The molecule has 0 aliphatic heterocycles. The number of hydrogen-bond acceptors (Lipinski definition) is 1. The van der Waals surface area contributed by atoms with Gasteiger partial charge in [0, 0.05) is 25.0 Å². The molecular formula is C15H28N2. The second kappa shape index (κ2) is 7.54. The molecule has 2 heteroatoms. The molecule has 2 N–H and O–H groups in total. The van der Waals surface area contributed by atoms with Gasteiger partial charge in [-0.3, -0.25) is 0 Å². The number of rotatable bonds is 8. The minimum Gasteiger partial charge on any atom is -0.354 e. The Hall–Kier alpha value is -0.760. The van der Waals surface area contributed by atoms with Crippen molar-refractivity contribution < 1.29 is 0 Å². The number of nitrogens with two attached hydrogens (primary N) is 1. The van der Waals surface area contributed by atoms with Crippen molar-refractivity contribution in [2.75, 3.05) is 0 Å². The molecule has 0 aromatic carbocycles. The Bertz CT molecular complexity index is 302. The van der Waals surface area contributed by atoms with Crippen LogP contribution in [0.5, 0.6) is 0 Å². The fourth-order valence-corrected chi connectivity index (χ4v) is 2.08. The summed E-state index contributed by atoms with van der Waals surface area (Å²) in [5.74, 6) is 0.510. The lowest BCUT2D eigenvalue weighted by molar-refractivity contribution is 0.511. The summed E-state index contributed by atoms with van der Waals surface area (Å²) in [5, 5.41) is 0. The average molecular weight is 236 g/mol. The fourth-order valence-electron chi connectivity index (χ4n) is 2.08. The molecule has 2 nitrogen and oxygen atoms in total. The smallest absolute Gasteiger partial charge is 0.0333 e. The molecule has 0 aliphatic carbocycles. The molecule has 0 saturated heterocycles. The van der Waals surface area contributed by atoms with Crippen molar-refractivity contribution in [3.63, 3.8) is 0 Å². The van der Waals surface area contributed by atoms with Crippen LogP contribution < -0.4 is 5.73 Å². The van der Waals surface area contributed by atoms with E-state index in [1.54, 1.807) is 0 Å². The summed E-state index contributed by atoms with van der Waals surface area (Å²) in [6.45, 7) is 7.74. The Kier molecular flexibility index (Phi) is 6.35. The maximum atomic E-state index is 6.13. The summed E-state index contributed by atoms with van der Waals surface area (Å²) in [6, 6.07) is 2.34. The van der Waals surface area contributed by atoms with Crippen LogP contribution in [0, 0.1) is 5.92 Å². The second-order valence-electron chi connectivity index (χ2n) is 5.37. The molecule has 0 bridgehead atoms. The fraction of sp³-hybridized carbons (Fsp3) is 0.733. The van der Waals surface area contributed by atoms with Gasteiger partial charge in [0.05, 0.1) is 0 Å². The van der Waals surface area contributed by atoms with E-state index in [1.165, 1.54) is 37.7 Å². The van der Waals surface area contributed by atoms with Crippen molar-refractivity contribution >= 4 is 0 Å². The van der Waals surface area contributed by atoms with Crippen molar-refractivity contribution in [3.05, 3.63) is 24.0 Å². The molecule has 0 fully saturated rings. The van der Waals surface area contributed by atoms with Gasteiger partial charge < -0.3 is 10.3 Å². The highest BCUT2D eigenvalue weighted by molar-refractivity contribution is 5.15. The van der Waals surface area contributed by atoms with Crippen LogP contribution in [-0.4, -0.2) is 4.57 Å². The van der Waals surface area contributed by atoms with E-state index in [1.807, 2.05) is 0 Å². The molecule has 1 unspecified atom stereocenters. The number of aromatic nitrogens is 1. The van der Waals surface area contributed by atoms with Gasteiger partial charge in [-0.1, -0.05) is 46.5 Å². The third-order valence-electron chi connectivity index (χ3n) is 3.40. The van der Waals surface area contributed by atoms with Gasteiger partial charge in [0.25, 0.3) is 0 Å². The highest BCUT2D eigenvalue weighted by atomic mass is 14.9. The van der Waals surface area contributed by atoms with E-state index >= 15 is 0 Å². The highest BCUT2D eigenvalue weighted by Crippen LogP contribution is 2.19. The van der Waals surface area contributed by atoms with E-state index < -0.39 is 0 Å². The molecule has 1 aromatic rings. The zero-order valence-corrected chi connectivity index (χ0v) is 11.7. The Balaban J connectivity index is 2.31. The molecular weight excluding hydrogens is 208 g/mol. The van der Waals surface area contributed by atoms with Crippen molar-refractivity contribution in [1.82, 2.24) is 4.57 Å². The molecule has 0 spiro atoms. The van der Waals surface area contributed by atoms with Gasteiger partial charge in [0.15, 0.2) is 0 Å². The highest BCUT2D eigenvalue weighted by Gasteiger charge is 2.11. The van der Waals surface area contributed by atoms with E-state index in [-0.39, 0.29) is 6.04 Å². The Morgan fingerprint density at radius 3 is 2.53 bits per heavy atom. The minimum absolute atomic E-state index is 0.177. The minimum atomic E-state index is 0.177. The van der Waals surface area contributed by atoms with E-state index in [4.69, 9.17) is 5.73 Å². The molecule has 0 amide bonds. The van der Waals surface area contributed by atoms with Gasteiger partial charge in [0.2, 0.25) is 0 Å². The van der Waals surface area contributed by atoms with E-state index in [9.17, 15) is 0 Å². The lowest BCUT2D eigenvalue weighted by atomic mass is 10.00.